The number of aryl methyl sites for hydroxylation is 1. The van der Waals surface area contributed by atoms with Crippen molar-refractivity contribution in [1.82, 2.24) is 0 Å². The van der Waals surface area contributed by atoms with Crippen molar-refractivity contribution in [2.45, 2.75) is 64.7 Å². The maximum absolute atomic E-state index is 10.8. The normalized spacial score (nSPS) is 11.5. The maximum Gasteiger partial charge on any atom is 0.446 e. The molecule has 0 atom stereocenters. The highest BCUT2D eigenvalue weighted by molar-refractivity contribution is 7.81. The van der Waals surface area contributed by atoms with E-state index in [-0.39, 0.29) is 5.75 Å². The minimum Gasteiger partial charge on any atom is -0.362 e. The standard InChI is InChI=1S/C16H26O4S/c1-2-3-4-5-6-7-8-9-12-15-13-10-11-14-16(15)20-21(17,18)19/h10-11,13-14H,2-9,12H2,1H3,(H,17,18,19). The molecule has 0 unspecified atom stereocenters. The van der Waals surface area contributed by atoms with Crippen LogP contribution in [0, 0.1) is 0 Å². The fourth-order valence-electron chi connectivity index (χ4n) is 2.35. The van der Waals surface area contributed by atoms with Crippen LogP contribution >= 0.6 is 0 Å². The summed E-state index contributed by atoms with van der Waals surface area (Å²) in [6.07, 6.45) is 10.6. The van der Waals surface area contributed by atoms with Gasteiger partial charge in [0.05, 0.1) is 0 Å². The smallest absolute Gasteiger partial charge is 0.362 e. The first-order valence-electron chi connectivity index (χ1n) is 7.77. The van der Waals surface area contributed by atoms with Crippen LogP contribution in [0.25, 0.3) is 0 Å². The predicted octanol–water partition coefficient (Wildman–Crippen LogP) is 4.55. The predicted molar refractivity (Wildman–Crippen MR) is 84.9 cm³/mol. The molecule has 0 aromatic heterocycles. The van der Waals surface area contributed by atoms with Crippen molar-refractivity contribution in [1.29, 1.82) is 0 Å². The zero-order valence-corrected chi connectivity index (χ0v) is 13.6. The summed E-state index contributed by atoms with van der Waals surface area (Å²) < 4.78 is 34.9. The van der Waals surface area contributed by atoms with E-state index in [1.54, 1.807) is 12.1 Å². The van der Waals surface area contributed by atoms with Crippen LogP contribution in [-0.4, -0.2) is 13.0 Å². The molecule has 0 aliphatic carbocycles. The number of para-hydroxylation sites is 1. The summed E-state index contributed by atoms with van der Waals surface area (Å²) in [7, 11) is -4.45. The van der Waals surface area contributed by atoms with E-state index in [0.29, 0.717) is 0 Å². The fraction of sp³-hybridized carbons (Fsp3) is 0.625. The molecule has 1 aromatic carbocycles. The van der Waals surface area contributed by atoms with Gasteiger partial charge >= 0.3 is 10.4 Å². The third kappa shape index (κ3) is 8.73. The van der Waals surface area contributed by atoms with Gasteiger partial charge in [0.1, 0.15) is 5.75 Å². The fourth-order valence-corrected chi connectivity index (χ4v) is 2.74. The van der Waals surface area contributed by atoms with Gasteiger partial charge in [0.25, 0.3) is 0 Å². The summed E-state index contributed by atoms with van der Waals surface area (Å²) in [5.41, 5.74) is 0.820. The first-order valence-corrected chi connectivity index (χ1v) is 9.14. The molecule has 0 spiro atoms. The molecule has 0 saturated carbocycles. The lowest BCUT2D eigenvalue weighted by Gasteiger charge is -2.08. The molecule has 0 radical (unpaired) electrons. The third-order valence-electron chi connectivity index (χ3n) is 3.47. The van der Waals surface area contributed by atoms with Crippen LogP contribution in [0.15, 0.2) is 24.3 Å². The molecule has 1 rings (SSSR count). The zero-order valence-electron chi connectivity index (χ0n) is 12.8. The largest absolute Gasteiger partial charge is 0.446 e. The SMILES string of the molecule is CCCCCCCCCCc1ccccc1OS(=O)(=O)O. The Bertz CT molecular complexity index is 497. The third-order valence-corrected chi connectivity index (χ3v) is 3.86. The van der Waals surface area contributed by atoms with Gasteiger partial charge in [-0.15, -0.1) is 0 Å². The average Bonchev–Trinajstić information content (AvgIpc) is 2.42. The molecule has 0 aliphatic heterocycles. The number of hydrogen-bond donors (Lipinski definition) is 1. The number of unbranched alkanes of at least 4 members (excludes halogenated alkanes) is 7. The summed E-state index contributed by atoms with van der Waals surface area (Å²) in [5, 5.41) is 0. The molecule has 0 heterocycles. The first-order chi connectivity index (χ1) is 10.0. The van der Waals surface area contributed by atoms with Crippen molar-refractivity contribution in [3.05, 3.63) is 29.8 Å². The van der Waals surface area contributed by atoms with Crippen LogP contribution in [0.3, 0.4) is 0 Å². The van der Waals surface area contributed by atoms with Gasteiger partial charge in [-0.2, -0.15) is 8.42 Å². The minimum absolute atomic E-state index is 0.225. The molecule has 1 N–H and O–H groups in total. The molecule has 120 valence electrons. The van der Waals surface area contributed by atoms with E-state index in [0.717, 1.165) is 24.8 Å². The van der Waals surface area contributed by atoms with Crippen molar-refractivity contribution in [2.24, 2.45) is 0 Å². The lowest BCUT2D eigenvalue weighted by Crippen LogP contribution is -2.08. The van der Waals surface area contributed by atoms with E-state index >= 15 is 0 Å². The molecule has 21 heavy (non-hydrogen) atoms. The van der Waals surface area contributed by atoms with Crippen molar-refractivity contribution in [3.8, 4) is 5.75 Å². The zero-order chi connectivity index (χ0) is 15.6. The summed E-state index contributed by atoms with van der Waals surface area (Å²) in [4.78, 5) is 0. The topological polar surface area (TPSA) is 63.6 Å². The van der Waals surface area contributed by atoms with Crippen LogP contribution in [0.5, 0.6) is 5.75 Å². The van der Waals surface area contributed by atoms with Gasteiger partial charge in [-0.1, -0.05) is 70.1 Å². The van der Waals surface area contributed by atoms with E-state index in [2.05, 4.69) is 11.1 Å². The van der Waals surface area contributed by atoms with Crippen LogP contribution in [0.4, 0.5) is 0 Å². The highest BCUT2D eigenvalue weighted by atomic mass is 32.3. The summed E-state index contributed by atoms with van der Waals surface area (Å²) in [6.45, 7) is 2.21. The Balaban J connectivity index is 2.29. The average molecular weight is 314 g/mol. The molecule has 0 aliphatic rings. The second-order valence-electron chi connectivity index (χ2n) is 5.34. The molecule has 1 aromatic rings. The van der Waals surface area contributed by atoms with Gasteiger partial charge in [-0.25, -0.2) is 0 Å². The van der Waals surface area contributed by atoms with Crippen LogP contribution < -0.4 is 4.18 Å². The highest BCUT2D eigenvalue weighted by Crippen LogP contribution is 2.22. The molecular weight excluding hydrogens is 288 g/mol. The van der Waals surface area contributed by atoms with E-state index < -0.39 is 10.4 Å². The highest BCUT2D eigenvalue weighted by Gasteiger charge is 2.10. The molecule has 0 amide bonds. The minimum atomic E-state index is -4.45. The number of hydrogen-bond acceptors (Lipinski definition) is 3. The number of benzene rings is 1. The lowest BCUT2D eigenvalue weighted by molar-refractivity contribution is 0.385. The molecule has 4 nitrogen and oxygen atoms in total. The van der Waals surface area contributed by atoms with Crippen molar-refractivity contribution < 1.29 is 17.2 Å². The second-order valence-corrected chi connectivity index (χ2v) is 6.37. The van der Waals surface area contributed by atoms with E-state index in [4.69, 9.17) is 4.55 Å². The summed E-state index contributed by atoms with van der Waals surface area (Å²) in [5.74, 6) is 0.225. The van der Waals surface area contributed by atoms with Gasteiger partial charge in [0, 0.05) is 0 Å². The van der Waals surface area contributed by atoms with Gasteiger partial charge in [-0.3, -0.25) is 4.55 Å². The van der Waals surface area contributed by atoms with Gasteiger partial charge < -0.3 is 4.18 Å². The Labute approximate surface area is 128 Å². The van der Waals surface area contributed by atoms with E-state index in [9.17, 15) is 8.42 Å². The Hall–Kier alpha value is -1.07. The first kappa shape index (κ1) is 18.0. The Morgan fingerprint density at radius 1 is 0.952 bits per heavy atom. The summed E-state index contributed by atoms with van der Waals surface area (Å²) in [6, 6.07) is 6.93. The van der Waals surface area contributed by atoms with Crippen LogP contribution in [-0.2, 0) is 16.8 Å². The summed E-state index contributed by atoms with van der Waals surface area (Å²) >= 11 is 0. The van der Waals surface area contributed by atoms with Crippen molar-refractivity contribution >= 4 is 10.4 Å². The molecule has 0 bridgehead atoms. The Morgan fingerprint density at radius 3 is 2.14 bits per heavy atom. The van der Waals surface area contributed by atoms with E-state index in [1.807, 2.05) is 12.1 Å². The second kappa shape index (κ2) is 9.79. The molecular formula is C16H26O4S. The Kier molecular flexibility index (Phi) is 8.38. The Morgan fingerprint density at radius 2 is 1.52 bits per heavy atom. The molecule has 0 saturated heterocycles. The lowest BCUT2D eigenvalue weighted by atomic mass is 10.0. The molecule has 0 fully saturated rings. The monoisotopic (exact) mass is 314 g/mol. The van der Waals surface area contributed by atoms with Gasteiger partial charge in [0.15, 0.2) is 0 Å². The van der Waals surface area contributed by atoms with Crippen molar-refractivity contribution in [2.75, 3.05) is 0 Å². The van der Waals surface area contributed by atoms with Crippen LogP contribution in [0.2, 0.25) is 0 Å². The number of rotatable bonds is 11. The van der Waals surface area contributed by atoms with Gasteiger partial charge in [-0.05, 0) is 24.5 Å². The van der Waals surface area contributed by atoms with Gasteiger partial charge in [0.2, 0.25) is 0 Å². The quantitative estimate of drug-likeness (QED) is 0.480. The maximum atomic E-state index is 10.8. The van der Waals surface area contributed by atoms with E-state index in [1.165, 1.54) is 38.5 Å². The van der Waals surface area contributed by atoms with Crippen LogP contribution in [0.1, 0.15) is 63.9 Å². The molecule has 5 heteroatoms. The van der Waals surface area contributed by atoms with Crippen molar-refractivity contribution in [3.63, 3.8) is 0 Å².